The maximum atomic E-state index is 6.01. The molecule has 2 N–H and O–H groups in total. The lowest BCUT2D eigenvalue weighted by molar-refractivity contribution is 0.210. The van der Waals surface area contributed by atoms with Crippen molar-refractivity contribution in [1.82, 2.24) is 10.6 Å². The molecule has 0 atom stereocenters. The Morgan fingerprint density at radius 3 is 2.46 bits per heavy atom. The Kier molecular flexibility index (Phi) is 6.99. The smallest absolute Gasteiger partial charge is 0.191 e. The minimum absolute atomic E-state index is 0.415. The second-order valence-electron chi connectivity index (χ2n) is 6.67. The van der Waals surface area contributed by atoms with Gasteiger partial charge in [-0.05, 0) is 61.9 Å². The van der Waals surface area contributed by atoms with Gasteiger partial charge >= 0.3 is 0 Å². The Labute approximate surface area is 155 Å². The lowest BCUT2D eigenvalue weighted by Gasteiger charge is -2.14. The molecule has 1 aromatic carbocycles. The minimum Gasteiger partial charge on any atom is -0.490 e. The van der Waals surface area contributed by atoms with E-state index in [0.717, 1.165) is 43.4 Å². The molecule has 0 spiro atoms. The van der Waals surface area contributed by atoms with Crippen LogP contribution in [0.5, 0.6) is 5.75 Å². The Hall–Kier alpha value is -2.43. The maximum absolute atomic E-state index is 6.01. The Morgan fingerprint density at radius 1 is 1.08 bits per heavy atom. The fourth-order valence-corrected chi connectivity index (χ4v) is 3.24. The second-order valence-corrected chi connectivity index (χ2v) is 6.67. The van der Waals surface area contributed by atoms with Gasteiger partial charge in [0, 0.05) is 26.6 Å². The Bertz CT molecular complexity index is 659. The molecular weight excluding hydrogens is 326 g/mol. The Morgan fingerprint density at radius 2 is 1.81 bits per heavy atom. The molecule has 140 valence electrons. The van der Waals surface area contributed by atoms with Gasteiger partial charge in [0.15, 0.2) is 5.96 Å². The van der Waals surface area contributed by atoms with Gasteiger partial charge in [-0.3, -0.25) is 4.99 Å². The van der Waals surface area contributed by atoms with E-state index in [1.165, 1.54) is 31.2 Å². The zero-order chi connectivity index (χ0) is 18.0. The van der Waals surface area contributed by atoms with Crippen molar-refractivity contribution in [2.45, 2.75) is 44.6 Å². The highest BCUT2D eigenvalue weighted by atomic mass is 16.5. The molecule has 26 heavy (non-hydrogen) atoms. The summed E-state index contributed by atoms with van der Waals surface area (Å²) in [5.41, 5.74) is 1.29. The highest BCUT2D eigenvalue weighted by Gasteiger charge is 2.16. The van der Waals surface area contributed by atoms with Crippen LogP contribution in [0, 0.1) is 0 Å². The number of ether oxygens (including phenoxy) is 1. The number of guanidine groups is 1. The molecule has 1 saturated carbocycles. The maximum Gasteiger partial charge on any atom is 0.191 e. The largest absolute Gasteiger partial charge is 0.490 e. The third kappa shape index (κ3) is 5.83. The summed E-state index contributed by atoms with van der Waals surface area (Å²) in [4.78, 5) is 4.25. The zero-order valence-corrected chi connectivity index (χ0v) is 15.5. The number of hydrogen-bond donors (Lipinski definition) is 2. The lowest BCUT2D eigenvalue weighted by Crippen LogP contribution is -2.39. The topological polar surface area (TPSA) is 58.8 Å². The van der Waals surface area contributed by atoms with Gasteiger partial charge in [0.05, 0.1) is 12.4 Å². The zero-order valence-electron chi connectivity index (χ0n) is 15.5. The number of furan rings is 1. The fraction of sp³-hybridized carbons (Fsp3) is 0.476. The molecule has 0 amide bonds. The molecule has 1 aliphatic carbocycles. The molecule has 5 nitrogen and oxygen atoms in total. The molecule has 3 rings (SSSR count). The first-order valence-corrected chi connectivity index (χ1v) is 9.56. The first-order valence-electron chi connectivity index (χ1n) is 9.56. The SMILES string of the molecule is CN=C(NCCc1ccc(OC2CCCC2)cc1)NCCc1ccco1. The first kappa shape index (κ1) is 18.4. The van der Waals surface area contributed by atoms with Crippen LogP contribution in [0.15, 0.2) is 52.1 Å². The van der Waals surface area contributed by atoms with Crippen LogP contribution in [-0.2, 0) is 12.8 Å². The third-order valence-corrected chi connectivity index (χ3v) is 4.70. The molecule has 1 aliphatic rings. The normalized spacial score (nSPS) is 15.2. The summed E-state index contributed by atoms with van der Waals surface area (Å²) in [7, 11) is 1.79. The van der Waals surface area contributed by atoms with Gasteiger partial charge in [0.25, 0.3) is 0 Å². The van der Waals surface area contributed by atoms with E-state index in [0.29, 0.717) is 6.10 Å². The minimum atomic E-state index is 0.415. The van der Waals surface area contributed by atoms with E-state index in [4.69, 9.17) is 9.15 Å². The molecule has 1 heterocycles. The van der Waals surface area contributed by atoms with E-state index in [-0.39, 0.29) is 0 Å². The van der Waals surface area contributed by atoms with Gasteiger partial charge in [-0.1, -0.05) is 12.1 Å². The predicted molar refractivity (Wildman–Crippen MR) is 105 cm³/mol. The van der Waals surface area contributed by atoms with Crippen LogP contribution in [0.1, 0.15) is 37.0 Å². The molecule has 1 fully saturated rings. The van der Waals surface area contributed by atoms with Gasteiger partial charge in [0.1, 0.15) is 11.5 Å². The van der Waals surface area contributed by atoms with Crippen LogP contribution in [0.3, 0.4) is 0 Å². The van der Waals surface area contributed by atoms with E-state index in [9.17, 15) is 0 Å². The van der Waals surface area contributed by atoms with Crippen LogP contribution in [0.4, 0.5) is 0 Å². The van der Waals surface area contributed by atoms with Gasteiger partial charge in [-0.25, -0.2) is 0 Å². The van der Waals surface area contributed by atoms with E-state index < -0.39 is 0 Å². The van der Waals surface area contributed by atoms with Crippen molar-refractivity contribution in [2.24, 2.45) is 4.99 Å². The number of aliphatic imine (C=N–C) groups is 1. The summed E-state index contributed by atoms with van der Waals surface area (Å²) in [5.74, 6) is 2.79. The predicted octanol–water partition coefficient (Wildman–Crippen LogP) is 3.55. The van der Waals surface area contributed by atoms with Crippen LogP contribution < -0.4 is 15.4 Å². The summed E-state index contributed by atoms with van der Waals surface area (Å²) in [6.45, 7) is 1.63. The van der Waals surface area contributed by atoms with Crippen molar-refractivity contribution in [3.63, 3.8) is 0 Å². The van der Waals surface area contributed by atoms with Crippen molar-refractivity contribution in [1.29, 1.82) is 0 Å². The van der Waals surface area contributed by atoms with Gasteiger partial charge in [0.2, 0.25) is 0 Å². The van der Waals surface area contributed by atoms with E-state index in [1.807, 2.05) is 12.1 Å². The van der Waals surface area contributed by atoms with Crippen molar-refractivity contribution >= 4 is 5.96 Å². The molecule has 0 aliphatic heterocycles. The molecule has 2 aromatic rings. The van der Waals surface area contributed by atoms with Gasteiger partial charge in [-0.2, -0.15) is 0 Å². The summed E-state index contributed by atoms with van der Waals surface area (Å²) in [6.07, 6.45) is 8.88. The lowest BCUT2D eigenvalue weighted by atomic mass is 10.1. The molecule has 1 aromatic heterocycles. The number of nitrogens with zero attached hydrogens (tertiary/aromatic N) is 1. The van der Waals surface area contributed by atoms with E-state index >= 15 is 0 Å². The third-order valence-electron chi connectivity index (χ3n) is 4.70. The van der Waals surface area contributed by atoms with Crippen LogP contribution in [0.25, 0.3) is 0 Å². The number of benzene rings is 1. The van der Waals surface area contributed by atoms with Crippen LogP contribution >= 0.6 is 0 Å². The average Bonchev–Trinajstić information content (AvgIpc) is 3.36. The summed E-state index contributed by atoms with van der Waals surface area (Å²) < 4.78 is 11.3. The quantitative estimate of drug-likeness (QED) is 0.562. The number of nitrogens with one attached hydrogen (secondary N) is 2. The van der Waals surface area contributed by atoms with Crippen LogP contribution in [0.2, 0.25) is 0 Å². The summed E-state index contributed by atoms with van der Waals surface area (Å²) in [5, 5.41) is 6.65. The van der Waals surface area contributed by atoms with Crippen molar-refractivity contribution in [3.8, 4) is 5.75 Å². The van der Waals surface area contributed by atoms with E-state index in [2.05, 4.69) is 39.9 Å². The monoisotopic (exact) mass is 355 g/mol. The van der Waals surface area contributed by atoms with Gasteiger partial charge in [-0.15, -0.1) is 0 Å². The molecule has 5 heteroatoms. The van der Waals surface area contributed by atoms with Gasteiger partial charge < -0.3 is 19.8 Å². The highest BCUT2D eigenvalue weighted by Crippen LogP contribution is 2.24. The number of hydrogen-bond acceptors (Lipinski definition) is 3. The van der Waals surface area contributed by atoms with Crippen molar-refractivity contribution < 1.29 is 9.15 Å². The standard InChI is InChI=1S/C21H29N3O2/c1-22-21(24-15-13-18-7-4-16-25-18)23-14-12-17-8-10-20(11-9-17)26-19-5-2-3-6-19/h4,7-11,16,19H,2-3,5-6,12-15H2,1H3,(H2,22,23,24). The second kappa shape index (κ2) is 9.90. The average molecular weight is 355 g/mol. The highest BCUT2D eigenvalue weighted by molar-refractivity contribution is 5.79. The van der Waals surface area contributed by atoms with Crippen molar-refractivity contribution in [2.75, 3.05) is 20.1 Å². The van der Waals surface area contributed by atoms with Crippen LogP contribution in [-0.4, -0.2) is 32.2 Å². The summed E-state index contributed by atoms with van der Waals surface area (Å²) >= 11 is 0. The fourth-order valence-electron chi connectivity index (χ4n) is 3.24. The molecule has 0 bridgehead atoms. The van der Waals surface area contributed by atoms with E-state index in [1.54, 1.807) is 13.3 Å². The first-order chi connectivity index (χ1) is 12.8. The molecule has 0 radical (unpaired) electrons. The Balaban J connectivity index is 1.34. The molecule has 0 unspecified atom stereocenters. The summed E-state index contributed by atoms with van der Waals surface area (Å²) in [6, 6.07) is 12.4. The molecule has 0 saturated heterocycles. The number of rotatable bonds is 8. The van der Waals surface area contributed by atoms with Crippen molar-refractivity contribution in [3.05, 3.63) is 54.0 Å². The molecular formula is C21H29N3O2.